The molecule has 0 unspecified atom stereocenters. The van der Waals surface area contributed by atoms with Crippen LogP contribution in [-0.2, 0) is 6.54 Å². The maximum absolute atomic E-state index is 5.50. The first-order valence-corrected chi connectivity index (χ1v) is 4.13. The van der Waals surface area contributed by atoms with Crippen LogP contribution in [0, 0.1) is 0 Å². The van der Waals surface area contributed by atoms with E-state index in [0.29, 0.717) is 5.82 Å². The molecule has 0 aliphatic rings. The minimum absolute atomic E-state index is 0.487. The zero-order valence-corrected chi connectivity index (χ0v) is 7.36. The van der Waals surface area contributed by atoms with Gasteiger partial charge in [0.15, 0.2) is 5.82 Å². The monoisotopic (exact) mass is 177 g/mol. The second kappa shape index (κ2) is 2.93. The molecule has 68 valence electrons. The first-order valence-electron chi connectivity index (χ1n) is 4.13. The van der Waals surface area contributed by atoms with Gasteiger partial charge >= 0.3 is 0 Å². The predicted molar refractivity (Wildman–Crippen MR) is 49.9 cm³/mol. The van der Waals surface area contributed by atoms with Crippen LogP contribution in [-0.4, -0.2) is 19.7 Å². The standard InChI is InChI=1S/C8H11N5/c1-2-13-4-3-10-8(13)6-5-7(9)12-11-6/h3-5H,2H2,1H3,(H3,9,11,12). The molecule has 0 fully saturated rings. The molecule has 0 atom stereocenters. The number of H-pyrrole nitrogens is 1. The van der Waals surface area contributed by atoms with Crippen LogP contribution in [0.5, 0.6) is 0 Å². The number of hydrogen-bond acceptors (Lipinski definition) is 3. The van der Waals surface area contributed by atoms with Crippen molar-refractivity contribution in [3.63, 3.8) is 0 Å². The van der Waals surface area contributed by atoms with Crippen molar-refractivity contribution in [2.45, 2.75) is 13.5 Å². The SMILES string of the molecule is CCn1ccnc1-c1cc(N)n[nH]1. The molecular formula is C8H11N5. The third kappa shape index (κ3) is 1.28. The molecule has 2 aromatic rings. The summed E-state index contributed by atoms with van der Waals surface area (Å²) in [4.78, 5) is 4.21. The second-order valence-electron chi connectivity index (χ2n) is 2.74. The molecule has 0 bridgehead atoms. The zero-order chi connectivity index (χ0) is 9.26. The summed E-state index contributed by atoms with van der Waals surface area (Å²) in [6.45, 7) is 2.94. The number of imidazole rings is 1. The van der Waals surface area contributed by atoms with Gasteiger partial charge in [0.05, 0.1) is 0 Å². The fraction of sp³-hybridized carbons (Fsp3) is 0.250. The van der Waals surface area contributed by atoms with Crippen molar-refractivity contribution in [3.8, 4) is 11.5 Å². The van der Waals surface area contributed by atoms with Crippen LogP contribution in [0.3, 0.4) is 0 Å². The van der Waals surface area contributed by atoms with Gasteiger partial charge in [0.25, 0.3) is 0 Å². The highest BCUT2D eigenvalue weighted by atomic mass is 15.2. The highest BCUT2D eigenvalue weighted by Gasteiger charge is 2.06. The number of rotatable bonds is 2. The van der Waals surface area contributed by atoms with Gasteiger partial charge in [0.2, 0.25) is 0 Å². The first-order chi connectivity index (χ1) is 6.31. The number of aryl methyl sites for hydroxylation is 1. The van der Waals surface area contributed by atoms with Crippen LogP contribution in [0.25, 0.3) is 11.5 Å². The molecule has 13 heavy (non-hydrogen) atoms. The molecule has 2 rings (SSSR count). The molecule has 3 N–H and O–H groups in total. The van der Waals surface area contributed by atoms with E-state index >= 15 is 0 Å². The van der Waals surface area contributed by atoms with Gasteiger partial charge in [-0.1, -0.05) is 0 Å². The topological polar surface area (TPSA) is 72.5 Å². The Bertz CT molecular complexity index is 400. The number of nitrogen functional groups attached to an aromatic ring is 1. The molecule has 0 radical (unpaired) electrons. The molecule has 0 saturated heterocycles. The van der Waals surface area contributed by atoms with Gasteiger partial charge in [-0.05, 0) is 6.92 Å². The van der Waals surface area contributed by atoms with Crippen LogP contribution in [0.1, 0.15) is 6.92 Å². The fourth-order valence-corrected chi connectivity index (χ4v) is 1.26. The minimum atomic E-state index is 0.487. The van der Waals surface area contributed by atoms with E-state index in [1.807, 2.05) is 10.8 Å². The highest BCUT2D eigenvalue weighted by molar-refractivity contribution is 5.54. The number of nitrogens with one attached hydrogen (secondary N) is 1. The average molecular weight is 177 g/mol. The Morgan fingerprint density at radius 2 is 2.46 bits per heavy atom. The van der Waals surface area contributed by atoms with Crippen LogP contribution in [0.4, 0.5) is 5.82 Å². The van der Waals surface area contributed by atoms with E-state index in [2.05, 4.69) is 22.1 Å². The maximum Gasteiger partial charge on any atom is 0.158 e. The van der Waals surface area contributed by atoms with Crippen molar-refractivity contribution in [3.05, 3.63) is 18.5 Å². The molecule has 5 heteroatoms. The van der Waals surface area contributed by atoms with Gasteiger partial charge in [0, 0.05) is 25.0 Å². The van der Waals surface area contributed by atoms with E-state index in [1.165, 1.54) is 0 Å². The molecule has 5 nitrogen and oxygen atoms in total. The number of nitrogens with zero attached hydrogens (tertiary/aromatic N) is 3. The third-order valence-corrected chi connectivity index (χ3v) is 1.89. The molecule has 0 aromatic carbocycles. The average Bonchev–Trinajstić information content (AvgIpc) is 2.71. The normalized spacial score (nSPS) is 10.5. The van der Waals surface area contributed by atoms with Crippen molar-refractivity contribution in [1.29, 1.82) is 0 Å². The van der Waals surface area contributed by atoms with Crippen LogP contribution in [0.15, 0.2) is 18.5 Å². The summed E-state index contributed by atoms with van der Waals surface area (Å²) in [6, 6.07) is 1.77. The number of hydrogen-bond donors (Lipinski definition) is 2. The van der Waals surface area contributed by atoms with Gasteiger partial charge in [-0.15, -0.1) is 0 Å². The lowest BCUT2D eigenvalue weighted by atomic mass is 10.4. The summed E-state index contributed by atoms with van der Waals surface area (Å²) >= 11 is 0. The second-order valence-corrected chi connectivity index (χ2v) is 2.74. The molecule has 0 spiro atoms. The van der Waals surface area contributed by atoms with E-state index in [-0.39, 0.29) is 0 Å². The Hall–Kier alpha value is -1.78. The molecule has 2 heterocycles. The van der Waals surface area contributed by atoms with Gasteiger partial charge < -0.3 is 10.3 Å². The fourth-order valence-electron chi connectivity index (χ4n) is 1.26. The zero-order valence-electron chi connectivity index (χ0n) is 7.36. The van der Waals surface area contributed by atoms with E-state index in [9.17, 15) is 0 Å². The predicted octanol–water partition coefficient (Wildman–Crippen LogP) is 0.875. The molecule has 0 aliphatic carbocycles. The molecule has 0 aliphatic heterocycles. The first kappa shape index (κ1) is 7.85. The Morgan fingerprint density at radius 1 is 1.62 bits per heavy atom. The van der Waals surface area contributed by atoms with Gasteiger partial charge in [-0.2, -0.15) is 5.10 Å². The van der Waals surface area contributed by atoms with Gasteiger partial charge in [-0.3, -0.25) is 5.10 Å². The molecule has 0 saturated carbocycles. The van der Waals surface area contributed by atoms with Crippen LogP contribution >= 0.6 is 0 Å². The number of aromatic nitrogens is 4. The largest absolute Gasteiger partial charge is 0.382 e. The summed E-state index contributed by atoms with van der Waals surface area (Å²) < 4.78 is 2.02. The van der Waals surface area contributed by atoms with Crippen molar-refractivity contribution >= 4 is 5.82 Å². The number of nitrogens with two attached hydrogens (primary N) is 1. The van der Waals surface area contributed by atoms with E-state index in [4.69, 9.17) is 5.73 Å². The molecule has 0 amide bonds. The highest BCUT2D eigenvalue weighted by Crippen LogP contribution is 2.15. The lowest BCUT2D eigenvalue weighted by molar-refractivity contribution is 0.767. The maximum atomic E-state index is 5.50. The quantitative estimate of drug-likeness (QED) is 0.715. The smallest absolute Gasteiger partial charge is 0.158 e. The number of aromatic amines is 1. The Kier molecular flexibility index (Phi) is 1.77. The van der Waals surface area contributed by atoms with Crippen molar-refractivity contribution < 1.29 is 0 Å². The van der Waals surface area contributed by atoms with E-state index in [0.717, 1.165) is 18.1 Å². The summed E-state index contributed by atoms with van der Waals surface area (Å²) in [5.41, 5.74) is 6.35. The minimum Gasteiger partial charge on any atom is -0.382 e. The van der Waals surface area contributed by atoms with Crippen LogP contribution in [0.2, 0.25) is 0 Å². The Morgan fingerprint density at radius 3 is 3.08 bits per heavy atom. The van der Waals surface area contributed by atoms with Crippen molar-refractivity contribution in [2.75, 3.05) is 5.73 Å². The lowest BCUT2D eigenvalue weighted by Gasteiger charge is -2.00. The molecule has 2 aromatic heterocycles. The van der Waals surface area contributed by atoms with Crippen molar-refractivity contribution in [2.24, 2.45) is 0 Å². The summed E-state index contributed by atoms with van der Waals surface area (Å²) in [6.07, 6.45) is 3.68. The van der Waals surface area contributed by atoms with Crippen molar-refractivity contribution in [1.82, 2.24) is 19.7 Å². The van der Waals surface area contributed by atoms with E-state index in [1.54, 1.807) is 12.3 Å². The number of anilines is 1. The van der Waals surface area contributed by atoms with Gasteiger partial charge in [-0.25, -0.2) is 4.98 Å². The van der Waals surface area contributed by atoms with Crippen LogP contribution < -0.4 is 5.73 Å². The van der Waals surface area contributed by atoms with Gasteiger partial charge in [0.1, 0.15) is 11.5 Å². The summed E-state index contributed by atoms with van der Waals surface area (Å²) in [5, 5.41) is 6.67. The third-order valence-electron chi connectivity index (χ3n) is 1.89. The summed E-state index contributed by atoms with van der Waals surface area (Å²) in [5.74, 6) is 1.35. The Labute approximate surface area is 75.6 Å². The Balaban J connectivity index is 2.45. The summed E-state index contributed by atoms with van der Waals surface area (Å²) in [7, 11) is 0. The van der Waals surface area contributed by atoms with E-state index < -0.39 is 0 Å². The lowest BCUT2D eigenvalue weighted by Crippen LogP contribution is -1.95. The molecular weight excluding hydrogens is 166 g/mol.